The molecule has 0 saturated carbocycles. The van der Waals surface area contributed by atoms with E-state index in [0.29, 0.717) is 24.5 Å². The first kappa shape index (κ1) is 21.1. The first-order chi connectivity index (χ1) is 16.1. The normalized spacial score (nSPS) is 13.0. The molecule has 1 amide bonds. The summed E-state index contributed by atoms with van der Waals surface area (Å²) >= 11 is 0. The molecule has 168 valence electrons. The van der Waals surface area contributed by atoms with Crippen LogP contribution in [0.2, 0.25) is 0 Å². The van der Waals surface area contributed by atoms with Gasteiger partial charge in [0, 0.05) is 48.4 Å². The number of fused-ring (bicyclic) bond motifs is 1. The lowest BCUT2D eigenvalue weighted by atomic mass is 9.94. The van der Waals surface area contributed by atoms with E-state index in [1.165, 1.54) is 29.8 Å². The van der Waals surface area contributed by atoms with Gasteiger partial charge in [-0.1, -0.05) is 0 Å². The van der Waals surface area contributed by atoms with E-state index in [0.717, 1.165) is 36.1 Å². The molecular weight excluding hydrogens is 419 g/mol. The molecule has 1 aliphatic rings. The quantitative estimate of drug-likeness (QED) is 0.491. The number of carbonyl (C=O) groups is 1. The van der Waals surface area contributed by atoms with Crippen molar-refractivity contribution >= 4 is 5.91 Å². The summed E-state index contributed by atoms with van der Waals surface area (Å²) in [6, 6.07) is 11.8. The molecule has 1 N–H and O–H groups in total. The molecule has 3 aromatic heterocycles. The number of pyridine rings is 1. The summed E-state index contributed by atoms with van der Waals surface area (Å²) in [5.41, 5.74) is 6.52. The van der Waals surface area contributed by atoms with E-state index >= 15 is 0 Å². The number of amides is 1. The second-order valence-corrected chi connectivity index (χ2v) is 8.24. The van der Waals surface area contributed by atoms with Crippen molar-refractivity contribution in [2.75, 3.05) is 6.54 Å². The molecule has 1 aromatic carbocycles. The third kappa shape index (κ3) is 4.28. The highest BCUT2D eigenvalue weighted by Crippen LogP contribution is 2.30. The lowest BCUT2D eigenvalue weighted by molar-refractivity contribution is 0.0942. The van der Waals surface area contributed by atoms with Crippen molar-refractivity contribution in [1.82, 2.24) is 29.9 Å². The summed E-state index contributed by atoms with van der Waals surface area (Å²) in [6.45, 7) is 1.06. The zero-order chi connectivity index (χ0) is 22.8. The zero-order valence-electron chi connectivity index (χ0n) is 18.5. The third-order valence-corrected chi connectivity index (χ3v) is 6.07. The number of carbonyl (C=O) groups excluding carboxylic acids is 1. The van der Waals surface area contributed by atoms with Crippen LogP contribution in [-0.4, -0.2) is 37.0 Å². The first-order valence-corrected chi connectivity index (χ1v) is 11.2. The maximum atomic E-state index is 13.2. The van der Waals surface area contributed by atoms with Gasteiger partial charge in [-0.15, -0.1) is 0 Å². The summed E-state index contributed by atoms with van der Waals surface area (Å²) in [5, 5.41) is 12.3. The van der Waals surface area contributed by atoms with Crippen LogP contribution in [0.3, 0.4) is 0 Å². The second-order valence-electron chi connectivity index (χ2n) is 8.24. The Morgan fingerprint density at radius 3 is 2.58 bits per heavy atom. The van der Waals surface area contributed by atoms with Crippen LogP contribution >= 0.6 is 0 Å². The summed E-state index contributed by atoms with van der Waals surface area (Å²) in [4.78, 5) is 16.9. The number of halogens is 1. The molecule has 0 radical (unpaired) electrons. The predicted molar refractivity (Wildman–Crippen MR) is 123 cm³/mol. The number of nitrogens with one attached hydrogen (secondary N) is 1. The molecule has 0 aliphatic heterocycles. The molecule has 3 heterocycles. The topological polar surface area (TPSA) is 77.6 Å². The van der Waals surface area contributed by atoms with Crippen molar-refractivity contribution in [3.8, 4) is 22.5 Å². The molecule has 4 aromatic rings. The number of aryl methyl sites for hydroxylation is 1. The van der Waals surface area contributed by atoms with Crippen LogP contribution in [0.5, 0.6) is 0 Å². The fourth-order valence-electron chi connectivity index (χ4n) is 4.40. The maximum absolute atomic E-state index is 13.2. The van der Waals surface area contributed by atoms with E-state index < -0.39 is 0 Å². The number of nitrogens with zero attached hydrogens (tertiary/aromatic N) is 5. The monoisotopic (exact) mass is 444 g/mol. The van der Waals surface area contributed by atoms with Gasteiger partial charge in [-0.2, -0.15) is 10.2 Å². The fraction of sp³-hybridized carbons (Fsp3) is 0.280. The minimum atomic E-state index is -0.305. The molecule has 7 nitrogen and oxygen atoms in total. The van der Waals surface area contributed by atoms with Crippen LogP contribution in [0.15, 0.2) is 54.9 Å². The lowest BCUT2D eigenvalue weighted by Gasteiger charge is -2.14. The average Bonchev–Trinajstić information content (AvgIpc) is 3.41. The van der Waals surface area contributed by atoms with Gasteiger partial charge in [-0.3, -0.25) is 19.1 Å². The summed E-state index contributed by atoms with van der Waals surface area (Å²) in [5.74, 6) is -0.505. The largest absolute Gasteiger partial charge is 0.349 e. The second kappa shape index (κ2) is 8.97. The molecule has 33 heavy (non-hydrogen) atoms. The predicted octanol–water partition coefficient (Wildman–Crippen LogP) is 3.79. The van der Waals surface area contributed by atoms with Crippen molar-refractivity contribution in [2.24, 2.45) is 7.05 Å². The Bertz CT molecular complexity index is 1280. The SMILES string of the molecule is Cn1nc(-c2ccc(F)cc2)cc1C(=O)NCCn1nc(-c2ccncc2)c2c1CCCC2. The molecule has 0 bridgehead atoms. The number of hydrogen-bond donors (Lipinski definition) is 1. The Morgan fingerprint density at radius 1 is 1.03 bits per heavy atom. The molecule has 0 atom stereocenters. The highest BCUT2D eigenvalue weighted by Gasteiger charge is 2.22. The van der Waals surface area contributed by atoms with Crippen molar-refractivity contribution < 1.29 is 9.18 Å². The maximum Gasteiger partial charge on any atom is 0.269 e. The van der Waals surface area contributed by atoms with Crippen LogP contribution < -0.4 is 5.32 Å². The van der Waals surface area contributed by atoms with E-state index in [2.05, 4.69) is 15.4 Å². The number of hydrogen-bond acceptors (Lipinski definition) is 4. The van der Waals surface area contributed by atoms with Gasteiger partial charge < -0.3 is 5.32 Å². The lowest BCUT2D eigenvalue weighted by Crippen LogP contribution is -2.29. The Balaban J connectivity index is 1.29. The molecule has 0 saturated heterocycles. The first-order valence-electron chi connectivity index (χ1n) is 11.2. The molecule has 8 heteroatoms. The Morgan fingerprint density at radius 2 is 1.79 bits per heavy atom. The van der Waals surface area contributed by atoms with Gasteiger partial charge in [0.25, 0.3) is 5.91 Å². The van der Waals surface area contributed by atoms with Crippen LogP contribution in [0.1, 0.15) is 34.6 Å². The molecule has 5 rings (SSSR count). The minimum absolute atomic E-state index is 0.200. The summed E-state index contributed by atoms with van der Waals surface area (Å²) in [7, 11) is 1.73. The average molecular weight is 445 g/mol. The van der Waals surface area contributed by atoms with Crippen LogP contribution in [0, 0.1) is 5.82 Å². The molecule has 0 spiro atoms. The third-order valence-electron chi connectivity index (χ3n) is 6.07. The van der Waals surface area contributed by atoms with Gasteiger partial charge in [0.05, 0.1) is 17.9 Å². The van der Waals surface area contributed by atoms with E-state index in [4.69, 9.17) is 5.10 Å². The Hall–Kier alpha value is -3.81. The van der Waals surface area contributed by atoms with Gasteiger partial charge >= 0.3 is 0 Å². The van der Waals surface area contributed by atoms with Crippen molar-refractivity contribution in [3.05, 3.63) is 77.6 Å². The molecule has 0 unspecified atom stereocenters. The highest BCUT2D eigenvalue weighted by molar-refractivity contribution is 5.93. The smallest absolute Gasteiger partial charge is 0.269 e. The zero-order valence-corrected chi connectivity index (χ0v) is 18.5. The number of benzene rings is 1. The van der Waals surface area contributed by atoms with E-state index in [9.17, 15) is 9.18 Å². The van der Waals surface area contributed by atoms with Gasteiger partial charge in [-0.25, -0.2) is 4.39 Å². The minimum Gasteiger partial charge on any atom is -0.349 e. The van der Waals surface area contributed by atoms with E-state index in [-0.39, 0.29) is 11.7 Å². The Kier molecular flexibility index (Phi) is 5.73. The summed E-state index contributed by atoms with van der Waals surface area (Å²) < 4.78 is 16.8. The molecular formula is C25H25FN6O. The van der Waals surface area contributed by atoms with Crippen molar-refractivity contribution in [3.63, 3.8) is 0 Å². The van der Waals surface area contributed by atoms with Gasteiger partial charge in [0.1, 0.15) is 11.5 Å². The van der Waals surface area contributed by atoms with E-state index in [1.807, 2.05) is 16.8 Å². The Labute approximate surface area is 191 Å². The number of rotatable bonds is 6. The summed E-state index contributed by atoms with van der Waals surface area (Å²) in [6.07, 6.45) is 7.94. The fourth-order valence-corrected chi connectivity index (χ4v) is 4.40. The van der Waals surface area contributed by atoms with Gasteiger partial charge in [0.2, 0.25) is 0 Å². The van der Waals surface area contributed by atoms with Gasteiger partial charge in [0.15, 0.2) is 0 Å². The van der Waals surface area contributed by atoms with Crippen molar-refractivity contribution in [1.29, 1.82) is 0 Å². The van der Waals surface area contributed by atoms with Crippen LogP contribution in [0.25, 0.3) is 22.5 Å². The molecule has 1 aliphatic carbocycles. The van der Waals surface area contributed by atoms with Gasteiger partial charge in [-0.05, 0) is 68.1 Å². The van der Waals surface area contributed by atoms with Crippen LogP contribution in [0.4, 0.5) is 4.39 Å². The molecule has 0 fully saturated rings. The van der Waals surface area contributed by atoms with Crippen molar-refractivity contribution in [2.45, 2.75) is 32.2 Å². The van der Waals surface area contributed by atoms with Crippen LogP contribution in [-0.2, 0) is 26.4 Å². The van der Waals surface area contributed by atoms with E-state index in [1.54, 1.807) is 42.3 Å². The number of aromatic nitrogens is 5. The highest BCUT2D eigenvalue weighted by atomic mass is 19.1. The standard InChI is InChI=1S/C25H25FN6O/c1-31-23(16-21(29-31)17-6-8-19(26)9-7-17)25(33)28-14-15-32-22-5-3-2-4-20(22)24(30-32)18-10-12-27-13-11-18/h6-13,16H,2-5,14-15H2,1H3,(H,28,33).